The van der Waals surface area contributed by atoms with Crippen molar-refractivity contribution in [3.63, 3.8) is 0 Å². The molecule has 1 aliphatic heterocycles. The number of amides is 1. The summed E-state index contributed by atoms with van der Waals surface area (Å²) in [6.07, 6.45) is -2.83. The van der Waals surface area contributed by atoms with Crippen LogP contribution in [0.25, 0.3) is 0 Å². The number of aromatic nitrogens is 2. The standard InChI is InChI=1S/C22H19F4N5O/c23-15-5-3-14(4-6-15)20(32)28-17-9-7-16(8-10-17)27-19-13-18(22(24,25)26)29-21(30-19)31-11-1-2-12-31/h3-10,13H,1-2,11-12H2,(H,28,32)(H,27,29,30). The molecule has 6 nitrogen and oxygen atoms in total. The lowest BCUT2D eigenvalue weighted by Crippen LogP contribution is -2.22. The van der Waals surface area contributed by atoms with Crippen molar-refractivity contribution in [2.75, 3.05) is 28.6 Å². The van der Waals surface area contributed by atoms with Crippen LogP contribution in [0, 0.1) is 5.82 Å². The number of hydrogen-bond donors (Lipinski definition) is 2. The Balaban J connectivity index is 1.49. The molecule has 0 saturated carbocycles. The number of carbonyl (C=O) groups is 1. The molecule has 1 fully saturated rings. The largest absolute Gasteiger partial charge is 0.433 e. The smallest absolute Gasteiger partial charge is 0.341 e. The van der Waals surface area contributed by atoms with E-state index in [9.17, 15) is 22.4 Å². The van der Waals surface area contributed by atoms with E-state index < -0.39 is 23.6 Å². The van der Waals surface area contributed by atoms with Gasteiger partial charge in [-0.25, -0.2) is 9.37 Å². The Morgan fingerprint density at radius 1 is 0.906 bits per heavy atom. The van der Waals surface area contributed by atoms with Gasteiger partial charge in [-0.3, -0.25) is 4.79 Å². The van der Waals surface area contributed by atoms with E-state index in [1.165, 1.54) is 24.3 Å². The average molecular weight is 445 g/mol. The number of halogens is 4. The zero-order valence-corrected chi connectivity index (χ0v) is 16.8. The maximum Gasteiger partial charge on any atom is 0.433 e. The third kappa shape index (κ3) is 5.13. The molecule has 0 radical (unpaired) electrons. The Kier molecular flexibility index (Phi) is 5.93. The average Bonchev–Trinajstić information content (AvgIpc) is 3.30. The summed E-state index contributed by atoms with van der Waals surface area (Å²) in [6.45, 7) is 1.23. The van der Waals surface area contributed by atoms with Crippen LogP contribution in [0.2, 0.25) is 0 Å². The summed E-state index contributed by atoms with van der Waals surface area (Å²) < 4.78 is 52.9. The zero-order valence-electron chi connectivity index (χ0n) is 16.8. The predicted molar refractivity (Wildman–Crippen MR) is 113 cm³/mol. The van der Waals surface area contributed by atoms with Crippen LogP contribution in [0.3, 0.4) is 0 Å². The molecule has 166 valence electrons. The van der Waals surface area contributed by atoms with Gasteiger partial charge in [-0.15, -0.1) is 0 Å². The number of nitrogens with one attached hydrogen (secondary N) is 2. The van der Waals surface area contributed by atoms with Crippen molar-refractivity contribution in [1.29, 1.82) is 0 Å². The molecule has 1 amide bonds. The topological polar surface area (TPSA) is 70.2 Å². The molecule has 0 unspecified atom stereocenters. The van der Waals surface area contributed by atoms with E-state index >= 15 is 0 Å². The minimum Gasteiger partial charge on any atom is -0.341 e. The molecule has 2 heterocycles. The highest BCUT2D eigenvalue weighted by atomic mass is 19.4. The highest BCUT2D eigenvalue weighted by molar-refractivity contribution is 6.04. The van der Waals surface area contributed by atoms with Crippen LogP contribution in [0.4, 0.5) is 40.7 Å². The molecular weight excluding hydrogens is 426 g/mol. The van der Waals surface area contributed by atoms with Gasteiger partial charge in [-0.05, 0) is 61.4 Å². The highest BCUT2D eigenvalue weighted by Crippen LogP contribution is 2.32. The third-order valence-corrected chi connectivity index (χ3v) is 4.92. The van der Waals surface area contributed by atoms with Gasteiger partial charge in [-0.1, -0.05) is 0 Å². The first-order chi connectivity index (χ1) is 15.3. The molecule has 1 saturated heterocycles. The Hall–Kier alpha value is -3.69. The van der Waals surface area contributed by atoms with E-state index in [1.807, 2.05) is 0 Å². The molecule has 1 aliphatic rings. The van der Waals surface area contributed by atoms with Gasteiger partial charge in [-0.2, -0.15) is 18.2 Å². The van der Waals surface area contributed by atoms with Crippen LogP contribution in [-0.2, 0) is 6.18 Å². The fraction of sp³-hybridized carbons (Fsp3) is 0.227. The molecule has 10 heteroatoms. The van der Waals surface area contributed by atoms with Crippen molar-refractivity contribution in [1.82, 2.24) is 9.97 Å². The van der Waals surface area contributed by atoms with Gasteiger partial charge in [0.25, 0.3) is 5.91 Å². The van der Waals surface area contributed by atoms with Crippen LogP contribution in [0.15, 0.2) is 54.6 Å². The minimum absolute atomic E-state index is 0.0253. The van der Waals surface area contributed by atoms with Crippen molar-refractivity contribution in [3.05, 3.63) is 71.7 Å². The van der Waals surface area contributed by atoms with Crippen LogP contribution in [-0.4, -0.2) is 29.0 Å². The highest BCUT2D eigenvalue weighted by Gasteiger charge is 2.34. The summed E-state index contributed by atoms with van der Waals surface area (Å²) in [4.78, 5) is 21.9. The molecule has 1 aromatic heterocycles. The molecule has 0 spiro atoms. The Bertz CT molecular complexity index is 1090. The van der Waals surface area contributed by atoms with Crippen LogP contribution >= 0.6 is 0 Å². The number of anilines is 4. The van der Waals surface area contributed by atoms with E-state index in [4.69, 9.17) is 0 Å². The van der Waals surface area contributed by atoms with E-state index in [0.29, 0.717) is 30.0 Å². The summed E-state index contributed by atoms with van der Waals surface area (Å²) >= 11 is 0. The number of hydrogen-bond acceptors (Lipinski definition) is 5. The molecule has 0 bridgehead atoms. The summed E-state index contributed by atoms with van der Waals surface area (Å²) in [5, 5.41) is 5.54. The Labute approximate surface area is 181 Å². The van der Waals surface area contributed by atoms with Crippen LogP contribution in [0.5, 0.6) is 0 Å². The van der Waals surface area contributed by atoms with E-state index in [1.54, 1.807) is 29.2 Å². The third-order valence-electron chi connectivity index (χ3n) is 4.92. The monoisotopic (exact) mass is 445 g/mol. The van der Waals surface area contributed by atoms with Crippen molar-refractivity contribution >= 4 is 29.0 Å². The number of nitrogens with zero attached hydrogens (tertiary/aromatic N) is 3. The fourth-order valence-electron chi connectivity index (χ4n) is 3.29. The van der Waals surface area contributed by atoms with Crippen LogP contribution in [0.1, 0.15) is 28.9 Å². The molecule has 32 heavy (non-hydrogen) atoms. The number of benzene rings is 2. The maximum absolute atomic E-state index is 13.3. The van der Waals surface area contributed by atoms with Gasteiger partial charge in [0.15, 0.2) is 5.69 Å². The van der Waals surface area contributed by atoms with E-state index in [2.05, 4.69) is 20.6 Å². The van der Waals surface area contributed by atoms with Crippen molar-refractivity contribution < 1.29 is 22.4 Å². The number of carbonyl (C=O) groups excluding carboxylic acids is 1. The van der Waals surface area contributed by atoms with Crippen LogP contribution < -0.4 is 15.5 Å². The summed E-state index contributed by atoms with van der Waals surface area (Å²) in [5.41, 5.74) is 0.245. The first kappa shape index (κ1) is 21.5. The van der Waals surface area contributed by atoms with E-state index in [-0.39, 0.29) is 11.8 Å². The van der Waals surface area contributed by atoms with Gasteiger partial charge in [0.05, 0.1) is 0 Å². The fourth-order valence-corrected chi connectivity index (χ4v) is 3.29. The second-order valence-electron chi connectivity index (χ2n) is 7.29. The second kappa shape index (κ2) is 8.81. The lowest BCUT2D eigenvalue weighted by molar-refractivity contribution is -0.141. The quantitative estimate of drug-likeness (QED) is 0.527. The SMILES string of the molecule is O=C(Nc1ccc(Nc2cc(C(F)(F)F)nc(N3CCCC3)n2)cc1)c1ccc(F)cc1. The van der Waals surface area contributed by atoms with Crippen molar-refractivity contribution in [2.24, 2.45) is 0 Å². The normalized spacial score (nSPS) is 13.8. The molecule has 0 aliphatic carbocycles. The van der Waals surface area contributed by atoms with E-state index in [0.717, 1.165) is 18.9 Å². The maximum atomic E-state index is 13.3. The lowest BCUT2D eigenvalue weighted by atomic mass is 10.2. The predicted octanol–water partition coefficient (Wildman–Crippen LogP) is 5.23. The van der Waals surface area contributed by atoms with Gasteiger partial charge < -0.3 is 15.5 Å². The van der Waals surface area contributed by atoms with Crippen molar-refractivity contribution in [2.45, 2.75) is 19.0 Å². The van der Waals surface area contributed by atoms with Crippen molar-refractivity contribution in [3.8, 4) is 0 Å². The van der Waals surface area contributed by atoms with Gasteiger partial charge in [0.1, 0.15) is 11.6 Å². The minimum atomic E-state index is -4.59. The second-order valence-corrected chi connectivity index (χ2v) is 7.29. The van der Waals surface area contributed by atoms with Gasteiger partial charge in [0, 0.05) is 36.1 Å². The molecular formula is C22H19F4N5O. The molecule has 2 aromatic carbocycles. The lowest BCUT2D eigenvalue weighted by Gasteiger charge is -2.18. The summed E-state index contributed by atoms with van der Waals surface area (Å²) in [6, 6.07) is 12.4. The molecule has 3 aromatic rings. The first-order valence-corrected chi connectivity index (χ1v) is 9.93. The molecule has 4 rings (SSSR count). The zero-order chi connectivity index (χ0) is 22.7. The van der Waals surface area contributed by atoms with Gasteiger partial charge in [0.2, 0.25) is 5.95 Å². The number of alkyl halides is 3. The Morgan fingerprint density at radius 2 is 1.53 bits per heavy atom. The molecule has 0 atom stereocenters. The number of rotatable bonds is 5. The van der Waals surface area contributed by atoms with Gasteiger partial charge >= 0.3 is 6.18 Å². The summed E-state index contributed by atoms with van der Waals surface area (Å²) in [7, 11) is 0. The first-order valence-electron chi connectivity index (χ1n) is 9.93. The molecule has 2 N–H and O–H groups in total. The summed E-state index contributed by atoms with van der Waals surface area (Å²) in [5.74, 6) is -0.782. The Morgan fingerprint density at radius 3 is 2.16 bits per heavy atom.